The summed E-state index contributed by atoms with van der Waals surface area (Å²) in [5.74, 6) is -6.32. The maximum atomic E-state index is 14.4. The fourth-order valence-corrected chi connectivity index (χ4v) is 7.09. The number of carboxylic acid groups (broad SMARTS) is 1. The van der Waals surface area contributed by atoms with Gasteiger partial charge < -0.3 is 47.2 Å². The smallest absolute Gasteiger partial charge is 0.305 e. The summed E-state index contributed by atoms with van der Waals surface area (Å²) in [4.78, 5) is 98.0. The number of carboxylic acids is 1. The molecule has 0 aromatic heterocycles. The number of carbonyl (C=O) groups is 7. The third kappa shape index (κ3) is 13.5. The van der Waals surface area contributed by atoms with E-state index in [1.165, 1.54) is 19.1 Å². The Bertz CT molecular complexity index is 1580. The number of hydrogen-bond acceptors (Lipinski definition) is 10. The zero-order chi connectivity index (χ0) is 42.1. The summed E-state index contributed by atoms with van der Waals surface area (Å²) in [5, 5.41) is 46.5. The molecule has 0 aliphatic carbocycles. The molecule has 9 N–H and O–H groups in total. The quantitative estimate of drug-likeness (QED) is 0.153. The monoisotopic (exact) mass is 787 g/mol. The number of carbonyl (C=O) groups excluding carboxylic acids is 6. The van der Waals surface area contributed by atoms with Gasteiger partial charge in [-0.05, 0) is 89.5 Å². The van der Waals surface area contributed by atoms with E-state index in [1.54, 1.807) is 51.7 Å². The van der Waals surface area contributed by atoms with Gasteiger partial charge in [0.05, 0.1) is 24.6 Å². The first kappa shape index (κ1) is 45.6. The average Bonchev–Trinajstić information content (AvgIpc) is 3.54. The van der Waals surface area contributed by atoms with Crippen molar-refractivity contribution in [3.05, 3.63) is 29.8 Å². The molecule has 2 aliphatic rings. The average molecular weight is 788 g/mol. The molecule has 17 heteroatoms. The van der Waals surface area contributed by atoms with Crippen LogP contribution in [0.2, 0.25) is 0 Å². The molecule has 1 aromatic carbocycles. The summed E-state index contributed by atoms with van der Waals surface area (Å²) >= 11 is 0. The van der Waals surface area contributed by atoms with Crippen LogP contribution in [0.15, 0.2) is 24.3 Å². The number of amides is 6. The van der Waals surface area contributed by atoms with Crippen LogP contribution in [0, 0.1) is 11.8 Å². The van der Waals surface area contributed by atoms with E-state index in [9.17, 15) is 48.9 Å². The highest BCUT2D eigenvalue weighted by atomic mass is 16.4. The first-order valence-electron chi connectivity index (χ1n) is 19.3. The topological polar surface area (TPSA) is 256 Å². The number of fused-ring (bicyclic) bond motifs is 1. The van der Waals surface area contributed by atoms with Gasteiger partial charge in [-0.2, -0.15) is 0 Å². The summed E-state index contributed by atoms with van der Waals surface area (Å²) in [6.45, 7) is 14.3. The summed E-state index contributed by atoms with van der Waals surface area (Å²) < 4.78 is 0. The molecule has 0 spiro atoms. The second kappa shape index (κ2) is 19.9. The number of aliphatic hydroxyl groups is 1. The van der Waals surface area contributed by atoms with Crippen molar-refractivity contribution in [3.63, 3.8) is 0 Å². The molecule has 2 heterocycles. The van der Waals surface area contributed by atoms with E-state index < -0.39 is 102 Å². The Morgan fingerprint density at radius 1 is 0.786 bits per heavy atom. The standard InChI is InChI=1S/C39H61N7O10/c1-20(2)16-25-32(38(56)45-39(6,7)8)46-15-9-10-29(46)36(54)43-27(18-23-11-13-24(48)14-12-23)34(52)41-26(17-21(3)4)33(51)42-28(19-30(49)50)35(53)44-31(22(5)47)37(55)40-25/h11-14,20-22,25-29,31-32,47-48H,9-10,15-19H2,1-8H3,(H,40,55)(H,41,52)(H,42,51)(H,43,54)(H,44,53)(H,45,56)(H,49,50)/t22-,25+,26+,27+,28+,29+,31+,32?/m1/s1. The summed E-state index contributed by atoms with van der Waals surface area (Å²) in [6.07, 6.45) is -1.33. The van der Waals surface area contributed by atoms with E-state index in [2.05, 4.69) is 31.9 Å². The fourth-order valence-electron chi connectivity index (χ4n) is 7.09. The molecule has 0 saturated carbocycles. The van der Waals surface area contributed by atoms with Crippen molar-refractivity contribution >= 4 is 41.4 Å². The van der Waals surface area contributed by atoms with Crippen molar-refractivity contribution in [2.45, 2.75) is 148 Å². The maximum Gasteiger partial charge on any atom is 0.305 e. The zero-order valence-corrected chi connectivity index (χ0v) is 33.7. The number of phenolic OH excluding ortho intramolecular Hbond substituents is 1. The molecule has 2 aliphatic heterocycles. The summed E-state index contributed by atoms with van der Waals surface area (Å²) in [6, 6.07) is -2.88. The van der Waals surface area contributed by atoms with Gasteiger partial charge in [-0.1, -0.05) is 39.8 Å². The highest BCUT2D eigenvalue weighted by Crippen LogP contribution is 2.26. The van der Waals surface area contributed by atoms with Crippen molar-refractivity contribution in [2.24, 2.45) is 11.8 Å². The van der Waals surface area contributed by atoms with Crippen LogP contribution in [-0.2, 0) is 40.0 Å². The normalized spacial score (nSPS) is 26.8. The van der Waals surface area contributed by atoms with Gasteiger partial charge in [0, 0.05) is 12.0 Å². The lowest BCUT2D eigenvalue weighted by Crippen LogP contribution is -2.66. The molecule has 8 atom stereocenters. The van der Waals surface area contributed by atoms with Gasteiger partial charge in [-0.3, -0.25) is 38.5 Å². The SMILES string of the molecule is CC(C)C[C@@H]1NC(=O)[C@H](Cc2ccc(O)cc2)NC(=O)[C@@H]2CCCN2C(C(=O)NC(C)(C)C)[C@H](CC(C)C)NC(=O)[C@H]([C@@H](C)O)NC(=O)[C@H](CC(=O)O)NC1=O. The van der Waals surface area contributed by atoms with E-state index >= 15 is 0 Å². The number of benzene rings is 1. The lowest BCUT2D eigenvalue weighted by Gasteiger charge is -2.40. The van der Waals surface area contributed by atoms with Crippen LogP contribution >= 0.6 is 0 Å². The third-order valence-corrected chi connectivity index (χ3v) is 9.58. The molecule has 2 saturated heterocycles. The molecule has 3 rings (SSSR count). The molecule has 56 heavy (non-hydrogen) atoms. The van der Waals surface area contributed by atoms with E-state index in [1.807, 2.05) is 13.8 Å². The van der Waals surface area contributed by atoms with Crippen molar-refractivity contribution in [2.75, 3.05) is 6.54 Å². The van der Waals surface area contributed by atoms with Crippen molar-refractivity contribution in [1.29, 1.82) is 0 Å². The van der Waals surface area contributed by atoms with Crippen molar-refractivity contribution in [1.82, 2.24) is 36.8 Å². The molecule has 2 fully saturated rings. The van der Waals surface area contributed by atoms with Gasteiger partial charge in [0.1, 0.15) is 36.0 Å². The molecule has 6 amide bonds. The number of nitrogens with zero attached hydrogens (tertiary/aromatic N) is 1. The minimum Gasteiger partial charge on any atom is -0.508 e. The predicted octanol–water partition coefficient (Wildman–Crippen LogP) is 0.0677. The van der Waals surface area contributed by atoms with E-state index in [0.29, 0.717) is 18.4 Å². The predicted molar refractivity (Wildman–Crippen MR) is 206 cm³/mol. The van der Waals surface area contributed by atoms with Crippen molar-refractivity contribution < 1.29 is 48.9 Å². The number of nitrogens with one attached hydrogen (secondary N) is 6. The number of aliphatic carboxylic acids is 1. The number of rotatable bonds is 10. The molecule has 17 nitrogen and oxygen atoms in total. The molecule has 1 aromatic rings. The molecule has 0 radical (unpaired) electrons. The van der Waals surface area contributed by atoms with Gasteiger partial charge in [0.2, 0.25) is 35.4 Å². The van der Waals surface area contributed by atoms with Gasteiger partial charge in [0.25, 0.3) is 0 Å². The number of hydrogen-bond donors (Lipinski definition) is 9. The highest BCUT2D eigenvalue weighted by Gasteiger charge is 2.45. The number of phenols is 1. The van der Waals surface area contributed by atoms with Gasteiger partial charge in [0.15, 0.2) is 0 Å². The van der Waals surface area contributed by atoms with Crippen LogP contribution in [0.5, 0.6) is 5.75 Å². The Kier molecular flexibility index (Phi) is 16.2. The molecular weight excluding hydrogens is 726 g/mol. The Balaban J connectivity index is 2.23. The van der Waals surface area contributed by atoms with Gasteiger partial charge >= 0.3 is 5.97 Å². The van der Waals surface area contributed by atoms with Crippen LogP contribution in [0.1, 0.15) is 93.1 Å². The summed E-state index contributed by atoms with van der Waals surface area (Å²) in [5.41, 5.74) is -0.140. The fraction of sp³-hybridized carbons (Fsp3) is 0.667. The molecule has 0 bridgehead atoms. The van der Waals surface area contributed by atoms with Crippen LogP contribution in [-0.4, -0.2) is 122 Å². The van der Waals surface area contributed by atoms with E-state index in [-0.39, 0.29) is 43.4 Å². The van der Waals surface area contributed by atoms with Crippen LogP contribution < -0.4 is 31.9 Å². The Morgan fingerprint density at radius 2 is 1.34 bits per heavy atom. The van der Waals surface area contributed by atoms with Crippen LogP contribution in [0.3, 0.4) is 0 Å². The second-order valence-corrected chi connectivity index (χ2v) is 16.8. The van der Waals surface area contributed by atoms with E-state index in [4.69, 9.17) is 0 Å². The highest BCUT2D eigenvalue weighted by molar-refractivity contribution is 5.97. The lowest BCUT2D eigenvalue weighted by atomic mass is 9.93. The Labute approximate surface area is 328 Å². The number of aromatic hydroxyl groups is 1. The van der Waals surface area contributed by atoms with Crippen molar-refractivity contribution in [3.8, 4) is 5.75 Å². The van der Waals surface area contributed by atoms with E-state index in [0.717, 1.165) is 0 Å². The molecular formula is C39H61N7O10. The molecule has 1 unspecified atom stereocenters. The first-order chi connectivity index (χ1) is 26.1. The molecule has 312 valence electrons. The van der Waals surface area contributed by atoms with Gasteiger partial charge in [-0.15, -0.1) is 0 Å². The zero-order valence-electron chi connectivity index (χ0n) is 33.7. The Hall–Kier alpha value is -4.77. The second-order valence-electron chi connectivity index (χ2n) is 16.8. The first-order valence-corrected chi connectivity index (χ1v) is 19.3. The lowest BCUT2D eigenvalue weighted by molar-refractivity contribution is -0.142. The van der Waals surface area contributed by atoms with Crippen LogP contribution in [0.25, 0.3) is 0 Å². The minimum absolute atomic E-state index is 0.00968. The maximum absolute atomic E-state index is 14.4. The Morgan fingerprint density at radius 3 is 1.89 bits per heavy atom. The van der Waals surface area contributed by atoms with Gasteiger partial charge in [-0.25, -0.2) is 0 Å². The minimum atomic E-state index is -1.73. The number of aliphatic hydroxyl groups excluding tert-OH is 1. The third-order valence-electron chi connectivity index (χ3n) is 9.58. The summed E-state index contributed by atoms with van der Waals surface area (Å²) in [7, 11) is 0. The largest absolute Gasteiger partial charge is 0.508 e. The van der Waals surface area contributed by atoms with Crippen LogP contribution in [0.4, 0.5) is 0 Å².